The molecule has 0 spiro atoms. The van der Waals surface area contributed by atoms with Gasteiger partial charge in [0.25, 0.3) is 0 Å². The summed E-state index contributed by atoms with van der Waals surface area (Å²) < 4.78 is 10.2. The summed E-state index contributed by atoms with van der Waals surface area (Å²) in [4.78, 5) is 11.7. The molecule has 1 aromatic rings. The quantitative estimate of drug-likeness (QED) is 0.585. The molecule has 90 valence electrons. The van der Waals surface area contributed by atoms with Crippen molar-refractivity contribution < 1.29 is 32.4 Å². The normalized spacial score (nSPS) is 9.19. The molecule has 0 saturated heterocycles. The van der Waals surface area contributed by atoms with Crippen LogP contribution in [0.1, 0.15) is 16.8 Å². The van der Waals surface area contributed by atoms with Gasteiger partial charge in [-0.15, -0.1) is 0 Å². The SMILES string of the molecule is COc1ccc(OC)c(C(=O)CC[NH3+])c1.[Cl-]. The first-order valence-corrected chi connectivity index (χ1v) is 4.77. The van der Waals surface area contributed by atoms with E-state index in [1.807, 2.05) is 0 Å². The van der Waals surface area contributed by atoms with Crippen LogP contribution in [0.25, 0.3) is 0 Å². The van der Waals surface area contributed by atoms with Gasteiger partial charge in [-0.2, -0.15) is 0 Å². The largest absolute Gasteiger partial charge is 1.00 e. The molecular formula is C11H16ClNO3. The van der Waals surface area contributed by atoms with Crippen molar-refractivity contribution in [3.63, 3.8) is 0 Å². The molecule has 1 rings (SSSR count). The predicted molar refractivity (Wildman–Crippen MR) is 56.2 cm³/mol. The number of hydrogen-bond acceptors (Lipinski definition) is 3. The van der Waals surface area contributed by atoms with Crippen LogP contribution >= 0.6 is 0 Å². The van der Waals surface area contributed by atoms with Crippen molar-refractivity contribution in [2.45, 2.75) is 6.42 Å². The first-order valence-electron chi connectivity index (χ1n) is 4.77. The maximum absolute atomic E-state index is 11.7. The molecule has 0 fully saturated rings. The first kappa shape index (κ1) is 14.7. The lowest BCUT2D eigenvalue weighted by Crippen LogP contribution is -3.00. The minimum atomic E-state index is 0. The summed E-state index contributed by atoms with van der Waals surface area (Å²) in [5, 5.41) is 0. The highest BCUT2D eigenvalue weighted by Gasteiger charge is 2.13. The summed E-state index contributed by atoms with van der Waals surface area (Å²) in [5.74, 6) is 1.26. The Morgan fingerprint density at radius 3 is 2.50 bits per heavy atom. The molecule has 0 unspecified atom stereocenters. The van der Waals surface area contributed by atoms with Crippen molar-refractivity contribution in [1.29, 1.82) is 0 Å². The van der Waals surface area contributed by atoms with E-state index < -0.39 is 0 Å². The van der Waals surface area contributed by atoms with Crippen molar-refractivity contribution >= 4 is 5.78 Å². The fourth-order valence-electron chi connectivity index (χ4n) is 1.33. The molecule has 1 aromatic carbocycles. The van der Waals surface area contributed by atoms with Gasteiger partial charge in [0.1, 0.15) is 11.5 Å². The van der Waals surface area contributed by atoms with Gasteiger partial charge in [0.05, 0.1) is 32.7 Å². The van der Waals surface area contributed by atoms with Gasteiger partial charge in [-0.25, -0.2) is 0 Å². The summed E-state index contributed by atoms with van der Waals surface area (Å²) >= 11 is 0. The molecule has 0 aliphatic carbocycles. The number of quaternary nitrogens is 1. The van der Waals surface area contributed by atoms with Gasteiger partial charge in [0.15, 0.2) is 5.78 Å². The van der Waals surface area contributed by atoms with Gasteiger partial charge in [-0.1, -0.05) is 0 Å². The van der Waals surface area contributed by atoms with Crippen LogP contribution < -0.4 is 27.6 Å². The summed E-state index contributed by atoms with van der Waals surface area (Å²) in [7, 11) is 3.11. The van der Waals surface area contributed by atoms with Crippen LogP contribution in [0.2, 0.25) is 0 Å². The third-order valence-corrected chi connectivity index (χ3v) is 2.11. The van der Waals surface area contributed by atoms with Gasteiger partial charge in [-0.05, 0) is 18.2 Å². The van der Waals surface area contributed by atoms with Crippen LogP contribution in [0.3, 0.4) is 0 Å². The lowest BCUT2D eigenvalue weighted by molar-refractivity contribution is -0.365. The molecule has 0 aromatic heterocycles. The summed E-state index contributed by atoms with van der Waals surface area (Å²) in [5.41, 5.74) is 4.21. The van der Waals surface area contributed by atoms with E-state index in [0.29, 0.717) is 30.0 Å². The molecular weight excluding hydrogens is 230 g/mol. The number of carbonyl (C=O) groups excluding carboxylic acids is 1. The van der Waals surface area contributed by atoms with Gasteiger partial charge in [0.2, 0.25) is 0 Å². The summed E-state index contributed by atoms with van der Waals surface area (Å²) in [6, 6.07) is 5.19. The number of benzene rings is 1. The standard InChI is InChI=1S/C11H15NO3.ClH/c1-14-8-3-4-11(15-2)9(7-8)10(13)5-6-12;/h3-4,7H,5-6,12H2,1-2H3;1H. The molecule has 0 aliphatic rings. The zero-order chi connectivity index (χ0) is 11.3. The van der Waals surface area contributed by atoms with E-state index in [0.717, 1.165) is 0 Å². The smallest absolute Gasteiger partial charge is 0.172 e. The molecule has 0 bridgehead atoms. The highest BCUT2D eigenvalue weighted by molar-refractivity contribution is 5.99. The fourth-order valence-corrected chi connectivity index (χ4v) is 1.33. The Morgan fingerprint density at radius 1 is 1.31 bits per heavy atom. The zero-order valence-electron chi connectivity index (χ0n) is 9.46. The Balaban J connectivity index is 0.00000225. The third-order valence-electron chi connectivity index (χ3n) is 2.11. The minimum Gasteiger partial charge on any atom is -1.00 e. The van der Waals surface area contributed by atoms with E-state index in [1.165, 1.54) is 0 Å². The number of ketones is 1. The predicted octanol–water partition coefficient (Wildman–Crippen LogP) is -2.48. The van der Waals surface area contributed by atoms with Crippen LogP contribution in [0.15, 0.2) is 18.2 Å². The molecule has 0 amide bonds. The summed E-state index contributed by atoms with van der Waals surface area (Å²) in [6.07, 6.45) is 0.420. The number of hydrogen-bond donors (Lipinski definition) is 1. The number of Topliss-reactive ketones (excluding diaryl/α,β-unsaturated/α-hetero) is 1. The lowest BCUT2D eigenvalue weighted by atomic mass is 10.1. The Bertz CT molecular complexity index is 355. The molecule has 0 atom stereocenters. The highest BCUT2D eigenvalue weighted by atomic mass is 35.5. The second-order valence-corrected chi connectivity index (χ2v) is 3.09. The van der Waals surface area contributed by atoms with Gasteiger partial charge in [-0.3, -0.25) is 4.79 Å². The summed E-state index contributed by atoms with van der Waals surface area (Å²) in [6.45, 7) is 0.583. The van der Waals surface area contributed by atoms with Crippen LogP contribution in [-0.2, 0) is 0 Å². The van der Waals surface area contributed by atoms with E-state index in [2.05, 4.69) is 5.73 Å². The monoisotopic (exact) mass is 245 g/mol. The van der Waals surface area contributed by atoms with E-state index in [9.17, 15) is 4.79 Å². The number of rotatable bonds is 5. The lowest BCUT2D eigenvalue weighted by Gasteiger charge is -2.08. The number of carbonyl (C=O) groups is 1. The Kier molecular flexibility index (Phi) is 6.53. The van der Waals surface area contributed by atoms with Crippen LogP contribution in [-0.4, -0.2) is 26.5 Å². The van der Waals surface area contributed by atoms with Crippen LogP contribution in [0.4, 0.5) is 0 Å². The molecule has 3 N–H and O–H groups in total. The van der Waals surface area contributed by atoms with Crippen LogP contribution in [0, 0.1) is 0 Å². The van der Waals surface area contributed by atoms with Crippen molar-refractivity contribution in [2.24, 2.45) is 0 Å². The van der Waals surface area contributed by atoms with Crippen LogP contribution in [0.5, 0.6) is 11.5 Å². The van der Waals surface area contributed by atoms with Gasteiger partial charge < -0.3 is 27.6 Å². The highest BCUT2D eigenvalue weighted by Crippen LogP contribution is 2.24. The van der Waals surface area contributed by atoms with E-state index in [1.54, 1.807) is 32.4 Å². The topological polar surface area (TPSA) is 63.2 Å². The van der Waals surface area contributed by atoms with Crippen molar-refractivity contribution in [1.82, 2.24) is 0 Å². The number of ether oxygens (including phenoxy) is 2. The Morgan fingerprint density at radius 2 is 2.00 bits per heavy atom. The third kappa shape index (κ3) is 3.40. The first-order chi connectivity index (χ1) is 7.22. The van der Waals surface area contributed by atoms with E-state index in [-0.39, 0.29) is 18.2 Å². The number of methoxy groups -OCH3 is 2. The van der Waals surface area contributed by atoms with Crippen molar-refractivity contribution in [3.8, 4) is 11.5 Å². The second-order valence-electron chi connectivity index (χ2n) is 3.09. The molecule has 4 nitrogen and oxygen atoms in total. The average molecular weight is 246 g/mol. The molecule has 5 heteroatoms. The van der Waals surface area contributed by atoms with Crippen molar-refractivity contribution in [2.75, 3.05) is 20.8 Å². The molecule has 16 heavy (non-hydrogen) atoms. The maximum atomic E-state index is 11.7. The zero-order valence-corrected chi connectivity index (χ0v) is 10.2. The van der Waals surface area contributed by atoms with Gasteiger partial charge >= 0.3 is 0 Å². The average Bonchev–Trinajstić information content (AvgIpc) is 2.28. The molecule has 0 heterocycles. The van der Waals surface area contributed by atoms with Crippen molar-refractivity contribution in [3.05, 3.63) is 23.8 Å². The van der Waals surface area contributed by atoms with E-state index in [4.69, 9.17) is 9.47 Å². The Hall–Kier alpha value is -1.26. The molecule has 0 radical (unpaired) electrons. The maximum Gasteiger partial charge on any atom is 0.172 e. The van der Waals surface area contributed by atoms with E-state index >= 15 is 0 Å². The molecule has 0 aliphatic heterocycles. The molecule has 0 saturated carbocycles. The second kappa shape index (κ2) is 7.09. The van der Waals surface area contributed by atoms with Gasteiger partial charge in [0, 0.05) is 0 Å². The fraction of sp³-hybridized carbons (Fsp3) is 0.364. The number of halogens is 1. The Labute approximate surface area is 101 Å². The minimum absolute atomic E-state index is 0.